The fourth-order valence-corrected chi connectivity index (χ4v) is 4.63. The highest BCUT2D eigenvalue weighted by atomic mass is 19.4. The second kappa shape index (κ2) is 12.9. The Labute approximate surface area is 239 Å². The molecule has 1 heterocycles. The number of aromatic nitrogens is 2. The number of methoxy groups -OCH3 is 1. The molecule has 1 aromatic heterocycles. The Balaban J connectivity index is 1.52. The monoisotopic (exact) mass is 585 g/mol. The van der Waals surface area contributed by atoms with Gasteiger partial charge in [-0.1, -0.05) is 26.0 Å². The average Bonchev–Trinajstić information content (AvgIpc) is 2.96. The van der Waals surface area contributed by atoms with Gasteiger partial charge in [0, 0.05) is 30.6 Å². The van der Waals surface area contributed by atoms with Crippen molar-refractivity contribution in [2.75, 3.05) is 35.7 Å². The van der Waals surface area contributed by atoms with E-state index in [1.807, 2.05) is 18.7 Å². The number of rotatable bonds is 13. The number of benzene rings is 2. The SMILES string of the molecule is CCCN(CCC)c1c(N[C@@H](Cc2ccc(Nc3ncnc4ccc(OC(F)(F)F)cc34)cc2)C(=O)OC)c(=O)c1=O. The van der Waals surface area contributed by atoms with E-state index in [-0.39, 0.29) is 23.6 Å². The van der Waals surface area contributed by atoms with Crippen molar-refractivity contribution in [3.8, 4) is 5.75 Å². The quantitative estimate of drug-likeness (QED) is 0.169. The van der Waals surface area contributed by atoms with Crippen molar-refractivity contribution in [3.05, 3.63) is 74.8 Å². The number of anilines is 4. The fourth-order valence-electron chi connectivity index (χ4n) is 4.63. The Kier molecular flexibility index (Phi) is 9.28. The predicted molar refractivity (Wildman–Crippen MR) is 153 cm³/mol. The van der Waals surface area contributed by atoms with Gasteiger partial charge in [0.05, 0.1) is 12.6 Å². The Morgan fingerprint density at radius 3 is 2.31 bits per heavy atom. The van der Waals surface area contributed by atoms with Crippen LogP contribution in [0.1, 0.15) is 32.3 Å². The summed E-state index contributed by atoms with van der Waals surface area (Å²) in [5, 5.41) is 6.33. The molecule has 0 fully saturated rings. The van der Waals surface area contributed by atoms with E-state index in [4.69, 9.17) is 4.74 Å². The topological polar surface area (TPSA) is 123 Å². The summed E-state index contributed by atoms with van der Waals surface area (Å²) in [4.78, 5) is 47.6. The molecule has 0 saturated heterocycles. The van der Waals surface area contributed by atoms with Crippen molar-refractivity contribution in [3.63, 3.8) is 0 Å². The number of carbonyl (C=O) groups is 1. The molecule has 42 heavy (non-hydrogen) atoms. The number of nitrogens with zero attached hydrogens (tertiary/aromatic N) is 3. The minimum atomic E-state index is -4.84. The van der Waals surface area contributed by atoms with Crippen molar-refractivity contribution >= 4 is 39.8 Å². The molecule has 4 rings (SSSR count). The van der Waals surface area contributed by atoms with Crippen molar-refractivity contribution in [1.82, 2.24) is 9.97 Å². The summed E-state index contributed by atoms with van der Waals surface area (Å²) in [6.07, 6.45) is -1.83. The van der Waals surface area contributed by atoms with Crippen molar-refractivity contribution in [2.45, 2.75) is 45.5 Å². The van der Waals surface area contributed by atoms with Gasteiger partial charge in [0.2, 0.25) is 0 Å². The first-order valence-electron chi connectivity index (χ1n) is 13.3. The number of hydrogen-bond acceptors (Lipinski definition) is 10. The predicted octanol–water partition coefficient (Wildman–Crippen LogP) is 4.69. The Morgan fingerprint density at radius 2 is 1.69 bits per heavy atom. The van der Waals surface area contributed by atoms with Crippen LogP contribution in [0.5, 0.6) is 5.75 Å². The summed E-state index contributed by atoms with van der Waals surface area (Å²) < 4.78 is 47.1. The zero-order chi connectivity index (χ0) is 30.4. The standard InChI is InChI=1S/C29H30F3N5O5/c1-4-12-37(13-5-2)24-23(25(38)26(24)39)36-22(28(40)41-3)14-17-6-8-18(9-7-17)35-27-20-15-19(42-29(30,31)32)10-11-21(20)33-16-34-27/h6-11,15-16,22,36H,4-5,12-14H2,1-3H3,(H,33,34,35)/t22-/m0/s1. The largest absolute Gasteiger partial charge is 0.573 e. The third-order valence-electron chi connectivity index (χ3n) is 6.49. The lowest BCUT2D eigenvalue weighted by Crippen LogP contribution is -2.46. The number of alkyl halides is 3. The molecule has 10 nitrogen and oxygen atoms in total. The first kappa shape index (κ1) is 30.3. The van der Waals surface area contributed by atoms with Gasteiger partial charge in [0.25, 0.3) is 10.9 Å². The average molecular weight is 586 g/mol. The molecular weight excluding hydrogens is 555 g/mol. The maximum atomic E-state index is 12.7. The maximum absolute atomic E-state index is 12.7. The highest BCUT2D eigenvalue weighted by molar-refractivity contribution is 5.91. The van der Waals surface area contributed by atoms with Gasteiger partial charge in [-0.3, -0.25) is 9.59 Å². The Morgan fingerprint density at radius 1 is 1.00 bits per heavy atom. The molecule has 0 unspecified atom stereocenters. The molecule has 222 valence electrons. The minimum Gasteiger partial charge on any atom is -0.467 e. The number of nitrogens with one attached hydrogen (secondary N) is 2. The number of carbonyl (C=O) groups excluding carboxylic acids is 1. The highest BCUT2D eigenvalue weighted by Gasteiger charge is 2.32. The van der Waals surface area contributed by atoms with Crippen LogP contribution in [0.15, 0.2) is 58.4 Å². The van der Waals surface area contributed by atoms with E-state index >= 15 is 0 Å². The number of fused-ring (bicyclic) bond motifs is 1. The lowest BCUT2D eigenvalue weighted by atomic mass is 10.0. The zero-order valence-corrected chi connectivity index (χ0v) is 23.2. The van der Waals surface area contributed by atoms with Crippen molar-refractivity contribution in [1.29, 1.82) is 0 Å². The van der Waals surface area contributed by atoms with Crippen LogP contribution in [0.4, 0.5) is 36.1 Å². The third-order valence-corrected chi connectivity index (χ3v) is 6.49. The van der Waals surface area contributed by atoms with Gasteiger partial charge in [0.1, 0.15) is 35.3 Å². The van der Waals surface area contributed by atoms with Crippen LogP contribution in [0.3, 0.4) is 0 Å². The molecule has 0 aliphatic rings. The van der Waals surface area contributed by atoms with Crippen LogP contribution in [0.25, 0.3) is 10.9 Å². The van der Waals surface area contributed by atoms with E-state index in [1.165, 1.54) is 31.6 Å². The summed E-state index contributed by atoms with van der Waals surface area (Å²) in [5.41, 5.74) is 0.862. The molecule has 2 N–H and O–H groups in total. The molecule has 13 heteroatoms. The third kappa shape index (κ3) is 6.96. The number of esters is 1. The Hall–Kier alpha value is -4.68. The van der Waals surface area contributed by atoms with Crippen LogP contribution in [-0.4, -0.2) is 48.5 Å². The first-order valence-corrected chi connectivity index (χ1v) is 13.3. The van der Waals surface area contributed by atoms with E-state index < -0.39 is 35.0 Å². The summed E-state index contributed by atoms with van der Waals surface area (Å²) in [7, 11) is 1.24. The zero-order valence-electron chi connectivity index (χ0n) is 23.2. The lowest BCUT2D eigenvalue weighted by molar-refractivity contribution is -0.274. The molecule has 4 aromatic rings. The molecule has 0 radical (unpaired) electrons. The molecule has 1 atom stereocenters. The molecule has 0 aliphatic heterocycles. The van der Waals surface area contributed by atoms with Crippen LogP contribution in [-0.2, 0) is 16.0 Å². The molecule has 0 amide bonds. The van der Waals surface area contributed by atoms with Crippen LogP contribution in [0.2, 0.25) is 0 Å². The van der Waals surface area contributed by atoms with Crippen molar-refractivity contribution in [2.24, 2.45) is 0 Å². The van der Waals surface area contributed by atoms with E-state index in [0.717, 1.165) is 18.4 Å². The fraction of sp³-hybridized carbons (Fsp3) is 0.345. The normalized spacial score (nSPS) is 12.2. The summed E-state index contributed by atoms with van der Waals surface area (Å²) in [6, 6.07) is 9.74. The van der Waals surface area contributed by atoms with Gasteiger partial charge >= 0.3 is 12.3 Å². The second-order valence-electron chi connectivity index (χ2n) is 9.56. The first-order chi connectivity index (χ1) is 20.0. The van der Waals surface area contributed by atoms with Gasteiger partial charge in [-0.2, -0.15) is 0 Å². The molecule has 0 bridgehead atoms. The molecule has 0 saturated carbocycles. The summed E-state index contributed by atoms with van der Waals surface area (Å²) >= 11 is 0. The molecule has 0 aliphatic carbocycles. The van der Waals surface area contributed by atoms with E-state index in [2.05, 4.69) is 25.3 Å². The van der Waals surface area contributed by atoms with E-state index in [9.17, 15) is 27.6 Å². The summed E-state index contributed by atoms with van der Waals surface area (Å²) in [5.74, 6) is -0.731. The summed E-state index contributed by atoms with van der Waals surface area (Å²) in [6.45, 7) is 5.15. The van der Waals surface area contributed by atoms with Crippen LogP contribution < -0.4 is 31.1 Å². The van der Waals surface area contributed by atoms with Gasteiger partial charge in [-0.05, 0) is 48.7 Å². The van der Waals surface area contributed by atoms with Crippen LogP contribution >= 0.6 is 0 Å². The second-order valence-corrected chi connectivity index (χ2v) is 9.56. The number of ether oxygens (including phenoxy) is 2. The molecular formula is C29H30F3N5O5. The maximum Gasteiger partial charge on any atom is 0.573 e. The lowest BCUT2D eigenvalue weighted by Gasteiger charge is -2.28. The molecule has 3 aromatic carbocycles. The van der Waals surface area contributed by atoms with E-state index in [0.29, 0.717) is 29.7 Å². The van der Waals surface area contributed by atoms with Gasteiger partial charge < -0.3 is 25.0 Å². The smallest absolute Gasteiger partial charge is 0.467 e. The van der Waals surface area contributed by atoms with Gasteiger partial charge in [-0.15, -0.1) is 13.2 Å². The van der Waals surface area contributed by atoms with Gasteiger partial charge in [-0.25, -0.2) is 14.8 Å². The number of hydrogen-bond donors (Lipinski definition) is 2. The molecule has 0 spiro atoms. The number of halogens is 3. The minimum absolute atomic E-state index is 0.111. The van der Waals surface area contributed by atoms with Gasteiger partial charge in [0.15, 0.2) is 0 Å². The van der Waals surface area contributed by atoms with Crippen LogP contribution in [0, 0.1) is 0 Å². The van der Waals surface area contributed by atoms with E-state index in [1.54, 1.807) is 24.3 Å². The Bertz CT molecular complexity index is 1610. The van der Waals surface area contributed by atoms with Crippen molar-refractivity contribution < 1.29 is 27.4 Å². The highest BCUT2D eigenvalue weighted by Crippen LogP contribution is 2.30.